The lowest BCUT2D eigenvalue weighted by Crippen LogP contribution is -2.11. The molecular formula is C15H22O5. The summed E-state index contributed by atoms with van der Waals surface area (Å²) in [4.78, 5) is 10.8. The first kappa shape index (κ1) is 16.5. The molecule has 5 nitrogen and oxygen atoms in total. The minimum atomic E-state index is -0.955. The second kappa shape index (κ2) is 9.34. The number of carboxylic acids is 1. The monoisotopic (exact) mass is 282 g/mol. The number of hydrogen-bond acceptors (Lipinski definition) is 4. The van der Waals surface area contributed by atoms with Crippen molar-refractivity contribution in [3.8, 4) is 5.75 Å². The van der Waals surface area contributed by atoms with E-state index in [0.29, 0.717) is 32.2 Å². The van der Waals surface area contributed by atoms with Crippen LogP contribution in [0.15, 0.2) is 24.3 Å². The standard InChI is InChI=1S/C15H22O5/c1-12(2)19-10-9-18-7-4-8-20-14-6-3-5-13(11-14)15(16)17/h3,5-6,11-12H,4,7-10H2,1-2H3,(H,16,17). The lowest BCUT2D eigenvalue weighted by molar-refractivity contribution is 0.0170. The molecule has 1 N–H and O–H groups in total. The molecule has 0 saturated carbocycles. The first-order valence-corrected chi connectivity index (χ1v) is 6.75. The minimum absolute atomic E-state index is 0.225. The van der Waals surface area contributed by atoms with Crippen LogP contribution in [0.1, 0.15) is 30.6 Å². The van der Waals surface area contributed by atoms with Crippen LogP contribution < -0.4 is 4.74 Å². The van der Waals surface area contributed by atoms with E-state index in [2.05, 4.69) is 0 Å². The molecule has 5 heteroatoms. The normalized spacial score (nSPS) is 10.8. The zero-order valence-electron chi connectivity index (χ0n) is 12.0. The smallest absolute Gasteiger partial charge is 0.335 e. The average Bonchev–Trinajstić information content (AvgIpc) is 2.41. The van der Waals surface area contributed by atoms with Gasteiger partial charge in [0.15, 0.2) is 0 Å². The summed E-state index contributed by atoms with van der Waals surface area (Å²) in [6, 6.07) is 6.45. The molecule has 1 aromatic rings. The van der Waals surface area contributed by atoms with Crippen LogP contribution in [0, 0.1) is 0 Å². The Morgan fingerprint density at radius 1 is 1.20 bits per heavy atom. The van der Waals surface area contributed by atoms with Crippen molar-refractivity contribution in [2.24, 2.45) is 0 Å². The van der Waals surface area contributed by atoms with Gasteiger partial charge in [0.1, 0.15) is 5.75 Å². The first-order chi connectivity index (χ1) is 9.59. The van der Waals surface area contributed by atoms with Crippen molar-refractivity contribution < 1.29 is 24.1 Å². The van der Waals surface area contributed by atoms with Crippen molar-refractivity contribution in [1.82, 2.24) is 0 Å². The molecule has 0 spiro atoms. The summed E-state index contributed by atoms with van der Waals surface area (Å²) in [6.07, 6.45) is 0.974. The zero-order valence-corrected chi connectivity index (χ0v) is 12.0. The van der Waals surface area contributed by atoms with Gasteiger partial charge in [-0.2, -0.15) is 0 Å². The van der Waals surface area contributed by atoms with Crippen LogP contribution in [-0.2, 0) is 9.47 Å². The van der Waals surface area contributed by atoms with E-state index in [1.165, 1.54) is 12.1 Å². The second-order valence-corrected chi connectivity index (χ2v) is 4.57. The third kappa shape index (κ3) is 7.11. The molecule has 20 heavy (non-hydrogen) atoms. The number of carboxylic acid groups (broad SMARTS) is 1. The Labute approximate surface area is 119 Å². The van der Waals surface area contributed by atoms with Gasteiger partial charge < -0.3 is 19.3 Å². The second-order valence-electron chi connectivity index (χ2n) is 4.57. The van der Waals surface area contributed by atoms with Crippen molar-refractivity contribution in [2.45, 2.75) is 26.4 Å². The third-order valence-electron chi connectivity index (χ3n) is 2.46. The fourth-order valence-electron chi connectivity index (χ4n) is 1.51. The Morgan fingerprint density at radius 2 is 2.00 bits per heavy atom. The molecule has 0 aromatic heterocycles. The summed E-state index contributed by atoms with van der Waals surface area (Å²) in [7, 11) is 0. The van der Waals surface area contributed by atoms with E-state index < -0.39 is 5.97 Å². The Morgan fingerprint density at radius 3 is 2.70 bits per heavy atom. The fraction of sp³-hybridized carbons (Fsp3) is 0.533. The maximum absolute atomic E-state index is 10.8. The highest BCUT2D eigenvalue weighted by Crippen LogP contribution is 2.13. The quantitative estimate of drug-likeness (QED) is 0.668. The van der Waals surface area contributed by atoms with Crippen LogP contribution >= 0.6 is 0 Å². The van der Waals surface area contributed by atoms with Crippen LogP contribution in [0.3, 0.4) is 0 Å². The summed E-state index contributed by atoms with van der Waals surface area (Å²) in [6.45, 7) is 6.23. The fourth-order valence-corrected chi connectivity index (χ4v) is 1.51. The van der Waals surface area contributed by atoms with Crippen molar-refractivity contribution in [1.29, 1.82) is 0 Å². The highest BCUT2D eigenvalue weighted by molar-refractivity contribution is 5.87. The van der Waals surface area contributed by atoms with E-state index in [4.69, 9.17) is 19.3 Å². The maximum Gasteiger partial charge on any atom is 0.335 e. The van der Waals surface area contributed by atoms with Crippen LogP contribution in [0.2, 0.25) is 0 Å². The van der Waals surface area contributed by atoms with Crippen molar-refractivity contribution in [2.75, 3.05) is 26.4 Å². The van der Waals surface area contributed by atoms with Gasteiger partial charge in [-0.05, 0) is 32.0 Å². The first-order valence-electron chi connectivity index (χ1n) is 6.75. The van der Waals surface area contributed by atoms with Gasteiger partial charge in [0.25, 0.3) is 0 Å². The van der Waals surface area contributed by atoms with Crippen molar-refractivity contribution in [3.05, 3.63) is 29.8 Å². The highest BCUT2D eigenvalue weighted by atomic mass is 16.5. The van der Waals surface area contributed by atoms with Crippen LogP contribution in [0.4, 0.5) is 0 Å². The van der Waals surface area contributed by atoms with E-state index in [0.717, 1.165) is 6.42 Å². The molecule has 0 bridgehead atoms. The van der Waals surface area contributed by atoms with Gasteiger partial charge >= 0.3 is 5.97 Å². The summed E-state index contributed by atoms with van der Waals surface area (Å²) in [5.74, 6) is -0.392. The molecule has 0 unspecified atom stereocenters. The van der Waals surface area contributed by atoms with E-state index in [9.17, 15) is 4.79 Å². The van der Waals surface area contributed by atoms with E-state index in [1.807, 2.05) is 13.8 Å². The van der Waals surface area contributed by atoms with Crippen molar-refractivity contribution >= 4 is 5.97 Å². The topological polar surface area (TPSA) is 65.0 Å². The Bertz CT molecular complexity index is 403. The summed E-state index contributed by atoms with van der Waals surface area (Å²) < 4.78 is 16.2. The maximum atomic E-state index is 10.8. The van der Waals surface area contributed by atoms with E-state index in [1.54, 1.807) is 12.1 Å². The minimum Gasteiger partial charge on any atom is -0.493 e. The van der Waals surface area contributed by atoms with Crippen LogP contribution in [0.5, 0.6) is 5.75 Å². The zero-order chi connectivity index (χ0) is 14.8. The molecule has 0 aliphatic carbocycles. The molecule has 0 saturated heterocycles. The molecule has 0 aliphatic rings. The number of benzene rings is 1. The lowest BCUT2D eigenvalue weighted by Gasteiger charge is -2.09. The van der Waals surface area contributed by atoms with Crippen LogP contribution in [0.25, 0.3) is 0 Å². The molecule has 0 heterocycles. The number of rotatable bonds is 10. The van der Waals surface area contributed by atoms with Gasteiger partial charge in [-0.25, -0.2) is 4.79 Å². The van der Waals surface area contributed by atoms with Crippen molar-refractivity contribution in [3.63, 3.8) is 0 Å². The van der Waals surface area contributed by atoms with E-state index >= 15 is 0 Å². The highest BCUT2D eigenvalue weighted by Gasteiger charge is 2.03. The molecule has 0 radical (unpaired) electrons. The van der Waals surface area contributed by atoms with Gasteiger partial charge in [0.2, 0.25) is 0 Å². The SMILES string of the molecule is CC(C)OCCOCCCOc1cccc(C(=O)O)c1. The third-order valence-corrected chi connectivity index (χ3v) is 2.46. The molecule has 0 amide bonds. The molecular weight excluding hydrogens is 260 g/mol. The molecule has 0 aliphatic heterocycles. The van der Waals surface area contributed by atoms with Gasteiger partial charge in [0.05, 0.1) is 31.5 Å². The van der Waals surface area contributed by atoms with Gasteiger partial charge in [-0.1, -0.05) is 6.07 Å². The largest absolute Gasteiger partial charge is 0.493 e. The molecule has 112 valence electrons. The number of aromatic carboxylic acids is 1. The Balaban J connectivity index is 2.09. The number of ether oxygens (including phenoxy) is 3. The molecule has 0 fully saturated rings. The van der Waals surface area contributed by atoms with Gasteiger partial charge in [0, 0.05) is 13.0 Å². The summed E-state index contributed by atoms with van der Waals surface area (Å²) in [5.41, 5.74) is 0.226. The number of carbonyl (C=O) groups is 1. The predicted octanol–water partition coefficient (Wildman–Crippen LogP) is 2.60. The Kier molecular flexibility index (Phi) is 7.69. The molecule has 1 aromatic carbocycles. The van der Waals surface area contributed by atoms with Gasteiger partial charge in [-0.3, -0.25) is 0 Å². The Hall–Kier alpha value is -1.59. The lowest BCUT2D eigenvalue weighted by atomic mass is 10.2. The molecule has 0 atom stereocenters. The predicted molar refractivity (Wildman–Crippen MR) is 75.4 cm³/mol. The average molecular weight is 282 g/mol. The van der Waals surface area contributed by atoms with Crippen LogP contribution in [-0.4, -0.2) is 43.6 Å². The molecule has 1 rings (SSSR count). The number of hydrogen-bond donors (Lipinski definition) is 1. The van der Waals surface area contributed by atoms with E-state index in [-0.39, 0.29) is 11.7 Å². The summed E-state index contributed by atoms with van der Waals surface area (Å²) in [5, 5.41) is 8.85. The summed E-state index contributed by atoms with van der Waals surface area (Å²) >= 11 is 0. The van der Waals surface area contributed by atoms with Gasteiger partial charge in [-0.15, -0.1) is 0 Å².